The summed E-state index contributed by atoms with van der Waals surface area (Å²) in [6.45, 7) is 5.96. The summed E-state index contributed by atoms with van der Waals surface area (Å²) < 4.78 is 11.6. The molecule has 3 aromatic rings. The molecule has 1 atom stereocenters. The molecule has 30 heavy (non-hydrogen) atoms. The van der Waals surface area contributed by atoms with Gasteiger partial charge in [0.15, 0.2) is 11.5 Å². The molecular weight excluding hydrogens is 378 g/mol. The molecule has 6 heteroatoms. The highest BCUT2D eigenvalue weighted by Gasteiger charge is 2.31. The van der Waals surface area contributed by atoms with Crippen molar-refractivity contribution in [3.05, 3.63) is 58.9 Å². The highest BCUT2D eigenvalue weighted by molar-refractivity contribution is 5.97. The van der Waals surface area contributed by atoms with Gasteiger partial charge in [-0.25, -0.2) is 9.97 Å². The van der Waals surface area contributed by atoms with Gasteiger partial charge in [-0.05, 0) is 62.6 Å². The lowest BCUT2D eigenvalue weighted by Crippen LogP contribution is -2.30. The second kappa shape index (κ2) is 7.59. The lowest BCUT2D eigenvalue weighted by atomic mass is 10.0. The van der Waals surface area contributed by atoms with Gasteiger partial charge in [-0.2, -0.15) is 0 Å². The van der Waals surface area contributed by atoms with Crippen molar-refractivity contribution in [2.75, 3.05) is 19.8 Å². The summed E-state index contributed by atoms with van der Waals surface area (Å²) in [6.07, 6.45) is 2.80. The Kier molecular flexibility index (Phi) is 4.77. The van der Waals surface area contributed by atoms with Crippen LogP contribution in [0.1, 0.15) is 52.6 Å². The molecule has 1 amide bonds. The number of rotatable bonds is 2. The van der Waals surface area contributed by atoms with E-state index in [0.29, 0.717) is 18.8 Å². The maximum Gasteiger partial charge on any atom is 0.254 e. The number of hydrogen-bond donors (Lipinski definition) is 0. The van der Waals surface area contributed by atoms with E-state index < -0.39 is 0 Å². The number of carbonyl (C=O) groups excluding carboxylic acids is 1. The summed E-state index contributed by atoms with van der Waals surface area (Å²) in [4.78, 5) is 24.5. The van der Waals surface area contributed by atoms with Crippen LogP contribution in [0.2, 0.25) is 0 Å². The Labute approximate surface area is 175 Å². The largest absolute Gasteiger partial charge is 0.490 e. The van der Waals surface area contributed by atoms with E-state index in [-0.39, 0.29) is 11.9 Å². The van der Waals surface area contributed by atoms with Crippen LogP contribution >= 0.6 is 0 Å². The molecule has 2 aliphatic heterocycles. The van der Waals surface area contributed by atoms with Gasteiger partial charge in [-0.3, -0.25) is 4.79 Å². The smallest absolute Gasteiger partial charge is 0.254 e. The van der Waals surface area contributed by atoms with Crippen molar-refractivity contribution < 1.29 is 14.3 Å². The molecule has 0 radical (unpaired) electrons. The summed E-state index contributed by atoms with van der Waals surface area (Å²) in [7, 11) is 0. The van der Waals surface area contributed by atoms with Gasteiger partial charge in [-0.15, -0.1) is 0 Å². The Hall–Kier alpha value is -3.15. The summed E-state index contributed by atoms with van der Waals surface area (Å²) >= 11 is 0. The van der Waals surface area contributed by atoms with Gasteiger partial charge in [0.05, 0.1) is 41.7 Å². The third kappa shape index (κ3) is 3.36. The first-order valence-corrected chi connectivity index (χ1v) is 10.6. The quantitative estimate of drug-likeness (QED) is 0.635. The molecule has 2 aromatic carbocycles. The molecule has 0 spiro atoms. The minimum absolute atomic E-state index is 0.0338. The molecule has 1 fully saturated rings. The summed E-state index contributed by atoms with van der Waals surface area (Å²) in [6, 6.07) is 11.7. The van der Waals surface area contributed by atoms with Gasteiger partial charge in [0.25, 0.3) is 5.91 Å². The Morgan fingerprint density at radius 2 is 1.70 bits per heavy atom. The fourth-order valence-electron chi connectivity index (χ4n) is 4.27. The van der Waals surface area contributed by atoms with Gasteiger partial charge in [0.1, 0.15) is 0 Å². The summed E-state index contributed by atoms with van der Waals surface area (Å²) in [5.74, 6) is 1.59. The Bertz CT molecular complexity index is 1130. The molecule has 6 nitrogen and oxygen atoms in total. The average molecular weight is 403 g/mol. The first-order valence-electron chi connectivity index (χ1n) is 10.6. The zero-order valence-electron chi connectivity index (χ0n) is 17.4. The predicted octanol–water partition coefficient (Wildman–Crippen LogP) is 4.39. The van der Waals surface area contributed by atoms with E-state index in [1.807, 2.05) is 49.1 Å². The molecule has 154 valence electrons. The number of likely N-dealkylation sites (tertiary alicyclic amines) is 1. The van der Waals surface area contributed by atoms with Gasteiger partial charge in [0, 0.05) is 18.5 Å². The lowest BCUT2D eigenvalue weighted by molar-refractivity contribution is 0.0735. The van der Waals surface area contributed by atoms with Crippen molar-refractivity contribution in [3.8, 4) is 11.5 Å². The zero-order chi connectivity index (χ0) is 20.7. The van der Waals surface area contributed by atoms with Crippen molar-refractivity contribution >= 4 is 16.9 Å². The molecule has 2 aliphatic rings. The van der Waals surface area contributed by atoms with Crippen molar-refractivity contribution in [1.82, 2.24) is 14.9 Å². The molecular formula is C24H25N3O3. The van der Waals surface area contributed by atoms with Crippen LogP contribution in [0, 0.1) is 13.8 Å². The minimum Gasteiger partial charge on any atom is -0.490 e. The van der Waals surface area contributed by atoms with Crippen LogP contribution < -0.4 is 9.47 Å². The number of hydrogen-bond acceptors (Lipinski definition) is 5. The van der Waals surface area contributed by atoms with Gasteiger partial charge >= 0.3 is 0 Å². The molecule has 1 aromatic heterocycles. The zero-order valence-corrected chi connectivity index (χ0v) is 17.4. The first-order chi connectivity index (χ1) is 14.6. The van der Waals surface area contributed by atoms with Crippen LogP contribution in [-0.4, -0.2) is 40.5 Å². The SMILES string of the molecule is Cc1nc2ccc(C(=O)N3CCCC3c3ccc4c(c3)OCCCO4)cc2nc1C. The van der Waals surface area contributed by atoms with Crippen molar-refractivity contribution in [2.45, 2.75) is 39.2 Å². The Balaban J connectivity index is 1.45. The van der Waals surface area contributed by atoms with E-state index in [9.17, 15) is 4.79 Å². The fourth-order valence-corrected chi connectivity index (χ4v) is 4.27. The summed E-state index contributed by atoms with van der Waals surface area (Å²) in [5, 5.41) is 0. The third-order valence-electron chi connectivity index (χ3n) is 5.99. The summed E-state index contributed by atoms with van der Waals surface area (Å²) in [5.41, 5.74) is 5.12. The lowest BCUT2D eigenvalue weighted by Gasteiger charge is -2.26. The number of fused-ring (bicyclic) bond motifs is 2. The molecule has 1 unspecified atom stereocenters. The topological polar surface area (TPSA) is 64.6 Å². The Morgan fingerprint density at radius 1 is 0.933 bits per heavy atom. The second-order valence-corrected chi connectivity index (χ2v) is 8.01. The number of nitrogens with zero attached hydrogens (tertiary/aromatic N) is 3. The monoisotopic (exact) mass is 403 g/mol. The maximum atomic E-state index is 13.4. The standard InChI is InChI=1S/C24H25N3O3/c1-15-16(2)26-20-13-18(6-8-19(20)25-15)24(28)27-10-3-5-21(27)17-7-9-22-23(14-17)30-12-4-11-29-22/h6-9,13-14,21H,3-5,10-12H2,1-2H3. The van der Waals surface area contributed by atoms with Crippen LogP contribution in [0.25, 0.3) is 11.0 Å². The van der Waals surface area contributed by atoms with E-state index in [0.717, 1.165) is 65.3 Å². The van der Waals surface area contributed by atoms with Crippen LogP contribution in [0.4, 0.5) is 0 Å². The van der Waals surface area contributed by atoms with Crippen LogP contribution in [0.3, 0.4) is 0 Å². The molecule has 1 saturated heterocycles. The Morgan fingerprint density at radius 3 is 2.53 bits per heavy atom. The first kappa shape index (κ1) is 18.9. The normalized spacial score (nSPS) is 18.5. The van der Waals surface area contributed by atoms with Crippen molar-refractivity contribution in [1.29, 1.82) is 0 Å². The van der Waals surface area contributed by atoms with Gasteiger partial charge in [0.2, 0.25) is 0 Å². The van der Waals surface area contributed by atoms with E-state index in [1.54, 1.807) is 0 Å². The van der Waals surface area contributed by atoms with E-state index in [1.165, 1.54) is 0 Å². The highest BCUT2D eigenvalue weighted by Crippen LogP contribution is 2.38. The van der Waals surface area contributed by atoms with Crippen LogP contribution in [-0.2, 0) is 0 Å². The number of carbonyl (C=O) groups is 1. The molecule has 5 rings (SSSR count). The molecule has 0 bridgehead atoms. The molecule has 0 aliphatic carbocycles. The fraction of sp³-hybridized carbons (Fsp3) is 0.375. The third-order valence-corrected chi connectivity index (χ3v) is 5.99. The maximum absolute atomic E-state index is 13.4. The predicted molar refractivity (Wildman–Crippen MR) is 114 cm³/mol. The number of aromatic nitrogens is 2. The van der Waals surface area contributed by atoms with Crippen LogP contribution in [0.5, 0.6) is 11.5 Å². The second-order valence-electron chi connectivity index (χ2n) is 8.01. The van der Waals surface area contributed by atoms with Gasteiger partial charge in [-0.1, -0.05) is 6.07 Å². The van der Waals surface area contributed by atoms with Gasteiger partial charge < -0.3 is 14.4 Å². The molecule has 0 saturated carbocycles. The molecule has 3 heterocycles. The average Bonchev–Trinajstić information content (AvgIpc) is 3.12. The van der Waals surface area contributed by atoms with E-state index >= 15 is 0 Å². The number of aryl methyl sites for hydroxylation is 2. The number of ether oxygens (including phenoxy) is 2. The van der Waals surface area contributed by atoms with Crippen LogP contribution in [0.15, 0.2) is 36.4 Å². The number of amides is 1. The van der Waals surface area contributed by atoms with Crippen molar-refractivity contribution in [2.24, 2.45) is 0 Å². The number of benzene rings is 2. The minimum atomic E-state index is 0.0338. The van der Waals surface area contributed by atoms with Crippen molar-refractivity contribution in [3.63, 3.8) is 0 Å². The highest BCUT2D eigenvalue weighted by atomic mass is 16.5. The molecule has 0 N–H and O–H groups in total. The van der Waals surface area contributed by atoms with E-state index in [4.69, 9.17) is 9.47 Å². The van der Waals surface area contributed by atoms with E-state index in [2.05, 4.69) is 16.0 Å².